The van der Waals surface area contributed by atoms with E-state index in [0.29, 0.717) is 6.54 Å². The predicted molar refractivity (Wildman–Crippen MR) is 79.2 cm³/mol. The number of fused-ring (bicyclic) bond motifs is 1. The van der Waals surface area contributed by atoms with Gasteiger partial charge in [-0.25, -0.2) is 0 Å². The molecule has 94 valence electrons. The van der Waals surface area contributed by atoms with Crippen molar-refractivity contribution in [1.29, 1.82) is 0 Å². The van der Waals surface area contributed by atoms with E-state index in [4.69, 9.17) is 5.11 Å². The largest absolute Gasteiger partial charge is 0.395 e. The summed E-state index contributed by atoms with van der Waals surface area (Å²) in [6, 6.07) is 8.34. The average Bonchev–Trinajstić information content (AvgIpc) is 2.69. The van der Waals surface area contributed by atoms with Crippen LogP contribution in [0.1, 0.15) is 5.56 Å². The SMILES string of the molecule is C[Si](C)(C)C#Cc1ccc2c(ccn2CCO)c1. The second-order valence-electron chi connectivity index (χ2n) is 5.51. The van der Waals surface area contributed by atoms with Crippen LogP contribution in [-0.4, -0.2) is 24.4 Å². The number of aliphatic hydroxyl groups is 1. The quantitative estimate of drug-likeness (QED) is 0.649. The van der Waals surface area contributed by atoms with Gasteiger partial charge in [0.05, 0.1) is 6.61 Å². The van der Waals surface area contributed by atoms with Crippen molar-refractivity contribution >= 4 is 19.0 Å². The Morgan fingerprint density at radius 3 is 2.67 bits per heavy atom. The van der Waals surface area contributed by atoms with Crippen molar-refractivity contribution in [2.45, 2.75) is 26.2 Å². The first kappa shape index (κ1) is 12.9. The molecule has 0 atom stereocenters. The lowest BCUT2D eigenvalue weighted by molar-refractivity contribution is 0.278. The number of rotatable bonds is 2. The Hall–Kier alpha value is -1.50. The molecule has 1 aromatic carbocycles. The highest BCUT2D eigenvalue weighted by Gasteiger charge is 2.07. The van der Waals surface area contributed by atoms with Gasteiger partial charge >= 0.3 is 0 Å². The monoisotopic (exact) mass is 257 g/mol. The number of hydrogen-bond donors (Lipinski definition) is 1. The fourth-order valence-electron chi connectivity index (χ4n) is 1.84. The van der Waals surface area contributed by atoms with E-state index in [1.54, 1.807) is 0 Å². The van der Waals surface area contributed by atoms with E-state index >= 15 is 0 Å². The van der Waals surface area contributed by atoms with E-state index in [0.717, 1.165) is 11.1 Å². The molecule has 1 heterocycles. The zero-order valence-corrected chi connectivity index (χ0v) is 12.2. The summed E-state index contributed by atoms with van der Waals surface area (Å²) < 4.78 is 2.06. The average molecular weight is 257 g/mol. The van der Waals surface area contributed by atoms with Gasteiger partial charge in [0.25, 0.3) is 0 Å². The number of nitrogens with zero attached hydrogens (tertiary/aromatic N) is 1. The Morgan fingerprint density at radius 1 is 1.22 bits per heavy atom. The van der Waals surface area contributed by atoms with Crippen LogP contribution in [0.2, 0.25) is 19.6 Å². The molecule has 0 aliphatic carbocycles. The van der Waals surface area contributed by atoms with E-state index in [1.165, 1.54) is 5.39 Å². The molecule has 1 N–H and O–H groups in total. The van der Waals surface area contributed by atoms with Crippen molar-refractivity contribution < 1.29 is 5.11 Å². The molecule has 0 fully saturated rings. The van der Waals surface area contributed by atoms with Gasteiger partial charge in [-0.1, -0.05) is 25.6 Å². The second-order valence-corrected chi connectivity index (χ2v) is 10.3. The summed E-state index contributed by atoms with van der Waals surface area (Å²) in [5, 5.41) is 10.2. The van der Waals surface area contributed by atoms with E-state index in [1.807, 2.05) is 6.20 Å². The van der Waals surface area contributed by atoms with Crippen LogP contribution in [0.5, 0.6) is 0 Å². The summed E-state index contributed by atoms with van der Waals surface area (Å²) in [6.07, 6.45) is 2.01. The van der Waals surface area contributed by atoms with E-state index < -0.39 is 8.07 Å². The van der Waals surface area contributed by atoms with Gasteiger partial charge in [0, 0.05) is 29.2 Å². The Balaban J connectivity index is 2.36. The zero-order valence-electron chi connectivity index (χ0n) is 11.2. The van der Waals surface area contributed by atoms with Crippen molar-refractivity contribution in [1.82, 2.24) is 4.57 Å². The number of hydrogen-bond acceptors (Lipinski definition) is 1. The summed E-state index contributed by atoms with van der Waals surface area (Å²) in [5.74, 6) is 3.27. The molecule has 0 spiro atoms. The van der Waals surface area contributed by atoms with Gasteiger partial charge in [0.2, 0.25) is 0 Å². The highest BCUT2D eigenvalue weighted by atomic mass is 28.3. The topological polar surface area (TPSA) is 25.2 Å². The van der Waals surface area contributed by atoms with Gasteiger partial charge < -0.3 is 9.67 Å². The molecule has 18 heavy (non-hydrogen) atoms. The standard InChI is InChI=1S/C15H19NOSi/c1-18(2,3)11-7-13-4-5-15-14(12-13)6-8-16(15)9-10-17/h4-6,8,12,17H,9-10H2,1-3H3. The number of aliphatic hydroxyl groups excluding tert-OH is 1. The normalized spacial score (nSPS) is 11.3. The minimum absolute atomic E-state index is 0.168. The van der Waals surface area contributed by atoms with Gasteiger partial charge in [-0.15, -0.1) is 5.54 Å². The van der Waals surface area contributed by atoms with E-state index in [2.05, 4.69) is 59.9 Å². The van der Waals surface area contributed by atoms with Crippen LogP contribution < -0.4 is 0 Å². The molecule has 0 amide bonds. The molecule has 2 nitrogen and oxygen atoms in total. The molecular formula is C15H19NOSi. The lowest BCUT2D eigenvalue weighted by Crippen LogP contribution is -2.16. The lowest BCUT2D eigenvalue weighted by atomic mass is 10.2. The van der Waals surface area contributed by atoms with Gasteiger partial charge in [0.1, 0.15) is 8.07 Å². The van der Waals surface area contributed by atoms with E-state index in [-0.39, 0.29) is 6.61 Å². The van der Waals surface area contributed by atoms with Gasteiger partial charge in [-0.2, -0.15) is 0 Å². The van der Waals surface area contributed by atoms with E-state index in [9.17, 15) is 0 Å². The first-order valence-corrected chi connectivity index (χ1v) is 9.72. The van der Waals surface area contributed by atoms with Crippen molar-refractivity contribution in [3.63, 3.8) is 0 Å². The first-order valence-electron chi connectivity index (χ1n) is 6.22. The van der Waals surface area contributed by atoms with Crippen LogP contribution >= 0.6 is 0 Å². The summed E-state index contributed by atoms with van der Waals surface area (Å²) in [7, 11) is -1.31. The minimum atomic E-state index is -1.31. The highest BCUT2D eigenvalue weighted by molar-refractivity contribution is 6.83. The van der Waals surface area contributed by atoms with Crippen LogP contribution in [0.3, 0.4) is 0 Å². The molecular weight excluding hydrogens is 238 g/mol. The maximum absolute atomic E-state index is 8.99. The van der Waals surface area contributed by atoms with Gasteiger partial charge in [-0.3, -0.25) is 0 Å². The Bertz CT molecular complexity index is 611. The maximum atomic E-state index is 8.99. The van der Waals surface area contributed by atoms with Crippen LogP contribution in [0.4, 0.5) is 0 Å². The Labute approximate surface area is 109 Å². The first-order chi connectivity index (χ1) is 8.49. The van der Waals surface area contributed by atoms with Gasteiger partial charge in [0.15, 0.2) is 0 Å². The second kappa shape index (κ2) is 5.01. The number of benzene rings is 1. The smallest absolute Gasteiger partial charge is 0.129 e. The minimum Gasteiger partial charge on any atom is -0.395 e. The molecule has 0 aliphatic rings. The Kier molecular flexibility index (Phi) is 3.60. The fourth-order valence-corrected chi connectivity index (χ4v) is 2.36. The number of aromatic nitrogens is 1. The van der Waals surface area contributed by atoms with Crippen LogP contribution in [0.15, 0.2) is 30.5 Å². The van der Waals surface area contributed by atoms with Crippen LogP contribution in [0.25, 0.3) is 10.9 Å². The van der Waals surface area contributed by atoms with Gasteiger partial charge in [-0.05, 0) is 24.3 Å². The molecule has 0 aliphatic heterocycles. The predicted octanol–water partition coefficient (Wildman–Crippen LogP) is 2.86. The third-order valence-corrected chi connectivity index (χ3v) is 3.57. The zero-order chi connectivity index (χ0) is 13.2. The molecule has 0 saturated heterocycles. The summed E-state index contributed by atoms with van der Waals surface area (Å²) in [6.45, 7) is 7.55. The van der Waals surface area contributed by atoms with Crippen molar-refractivity contribution in [3.8, 4) is 11.5 Å². The maximum Gasteiger partial charge on any atom is 0.129 e. The van der Waals surface area contributed by atoms with Crippen molar-refractivity contribution in [2.24, 2.45) is 0 Å². The Morgan fingerprint density at radius 2 is 2.00 bits per heavy atom. The third kappa shape index (κ3) is 3.04. The van der Waals surface area contributed by atoms with Crippen molar-refractivity contribution in [2.75, 3.05) is 6.61 Å². The molecule has 0 bridgehead atoms. The fraction of sp³-hybridized carbons (Fsp3) is 0.333. The lowest BCUT2D eigenvalue weighted by Gasteiger charge is -2.04. The molecule has 0 unspecified atom stereocenters. The molecule has 3 heteroatoms. The molecule has 2 rings (SSSR count). The highest BCUT2D eigenvalue weighted by Crippen LogP contribution is 2.17. The molecule has 2 aromatic rings. The summed E-state index contributed by atoms with van der Waals surface area (Å²) in [5.41, 5.74) is 5.61. The molecule has 0 saturated carbocycles. The third-order valence-electron chi connectivity index (χ3n) is 2.69. The van der Waals surface area contributed by atoms with Crippen LogP contribution in [0, 0.1) is 11.5 Å². The van der Waals surface area contributed by atoms with Crippen LogP contribution in [-0.2, 0) is 6.54 Å². The summed E-state index contributed by atoms with van der Waals surface area (Å²) in [4.78, 5) is 0. The summed E-state index contributed by atoms with van der Waals surface area (Å²) >= 11 is 0. The molecule has 0 radical (unpaired) electrons. The molecule has 1 aromatic heterocycles. The van der Waals surface area contributed by atoms with Crippen molar-refractivity contribution in [3.05, 3.63) is 36.0 Å².